The Morgan fingerprint density at radius 1 is 1.00 bits per heavy atom. The third kappa shape index (κ3) is 3.41. The Hall–Kier alpha value is -1.77. The first-order chi connectivity index (χ1) is 12.6. The summed E-state index contributed by atoms with van der Waals surface area (Å²) in [6.45, 7) is 5.22. The molecule has 1 saturated carbocycles. The van der Waals surface area contributed by atoms with E-state index in [-0.39, 0.29) is 6.04 Å². The minimum absolute atomic E-state index is 0.0777. The number of piperazine rings is 1. The highest BCUT2D eigenvalue weighted by atomic mass is 32.1. The van der Waals surface area contributed by atoms with Gasteiger partial charge < -0.3 is 9.80 Å². The maximum Gasteiger partial charge on any atom is 0.338 e. The molecule has 26 heavy (non-hydrogen) atoms. The lowest BCUT2D eigenvalue weighted by atomic mass is 10.2. The number of carbonyl (C=O) groups is 3. The van der Waals surface area contributed by atoms with E-state index in [0.717, 1.165) is 58.4 Å². The molecule has 1 aromatic rings. The average Bonchev–Trinajstić information content (AvgIpc) is 3.37. The van der Waals surface area contributed by atoms with Crippen LogP contribution in [0.25, 0.3) is 0 Å². The highest BCUT2D eigenvalue weighted by molar-refractivity contribution is 7.09. The third-order valence-electron chi connectivity index (χ3n) is 5.82. The monoisotopic (exact) mass is 378 g/mol. The van der Waals surface area contributed by atoms with E-state index in [4.69, 9.17) is 0 Å². The van der Waals surface area contributed by atoms with Crippen molar-refractivity contribution in [1.29, 1.82) is 0 Å². The molecular formula is C18H26N4O3S+2. The molecule has 2 N–H and O–H groups in total. The minimum atomic E-state index is -0.636. The van der Waals surface area contributed by atoms with Gasteiger partial charge in [0.05, 0.1) is 4.88 Å². The topological polar surface area (TPSA) is 66.6 Å². The van der Waals surface area contributed by atoms with Crippen molar-refractivity contribution in [3.05, 3.63) is 22.4 Å². The quantitative estimate of drug-likeness (QED) is 0.496. The Kier molecular flexibility index (Phi) is 5.06. The molecule has 2 saturated heterocycles. The molecule has 0 atom stereocenters. The Morgan fingerprint density at radius 2 is 1.69 bits per heavy atom. The van der Waals surface area contributed by atoms with Crippen molar-refractivity contribution < 1.29 is 24.2 Å². The van der Waals surface area contributed by atoms with E-state index in [9.17, 15) is 14.4 Å². The van der Waals surface area contributed by atoms with Crippen molar-refractivity contribution >= 4 is 29.2 Å². The molecule has 4 rings (SSSR count). The van der Waals surface area contributed by atoms with E-state index in [2.05, 4.69) is 17.5 Å². The fourth-order valence-electron chi connectivity index (χ4n) is 4.32. The number of rotatable bonds is 5. The molecule has 0 bridgehead atoms. The highest BCUT2D eigenvalue weighted by Crippen LogP contribution is 2.27. The predicted octanol–water partition coefficient (Wildman–Crippen LogP) is -1.28. The SMILES string of the molecule is O=C1C(=O)N(C2CCCC2)C(=O)N1C[NH+]1CC[NH+](Cc2cccs2)CC1. The Balaban J connectivity index is 1.32. The number of urea groups is 1. The second-order valence-corrected chi connectivity index (χ2v) is 8.58. The number of quaternary nitrogens is 2. The van der Waals surface area contributed by atoms with Gasteiger partial charge in [0.2, 0.25) is 0 Å². The lowest BCUT2D eigenvalue weighted by Crippen LogP contribution is -3.28. The van der Waals surface area contributed by atoms with E-state index < -0.39 is 17.8 Å². The molecular weight excluding hydrogens is 352 g/mol. The number of hydrogen-bond donors (Lipinski definition) is 2. The van der Waals surface area contributed by atoms with Gasteiger partial charge in [-0.1, -0.05) is 18.9 Å². The zero-order chi connectivity index (χ0) is 18.1. The van der Waals surface area contributed by atoms with Crippen molar-refractivity contribution in [1.82, 2.24) is 9.80 Å². The van der Waals surface area contributed by atoms with Crippen LogP contribution >= 0.6 is 11.3 Å². The van der Waals surface area contributed by atoms with Crippen molar-refractivity contribution in [2.75, 3.05) is 32.8 Å². The average molecular weight is 378 g/mol. The number of nitrogens with zero attached hydrogens (tertiary/aromatic N) is 2. The molecule has 3 fully saturated rings. The van der Waals surface area contributed by atoms with Gasteiger partial charge in [0.1, 0.15) is 32.7 Å². The summed E-state index contributed by atoms with van der Waals surface area (Å²) in [7, 11) is 0. The molecule has 7 nitrogen and oxygen atoms in total. The van der Waals surface area contributed by atoms with Gasteiger partial charge in [-0.25, -0.2) is 9.69 Å². The van der Waals surface area contributed by atoms with E-state index in [1.54, 1.807) is 16.2 Å². The number of thiophene rings is 1. The van der Waals surface area contributed by atoms with Crippen LogP contribution in [-0.2, 0) is 16.1 Å². The lowest BCUT2D eigenvalue weighted by molar-refractivity contribution is -1.02. The van der Waals surface area contributed by atoms with Crippen LogP contribution in [0.2, 0.25) is 0 Å². The van der Waals surface area contributed by atoms with E-state index in [1.807, 2.05) is 0 Å². The summed E-state index contributed by atoms with van der Waals surface area (Å²) >= 11 is 1.79. The van der Waals surface area contributed by atoms with Crippen LogP contribution < -0.4 is 9.80 Å². The zero-order valence-electron chi connectivity index (χ0n) is 14.9. The number of nitrogens with one attached hydrogen (secondary N) is 2. The number of amides is 4. The first kappa shape index (κ1) is 17.6. The molecule has 0 spiro atoms. The molecule has 0 radical (unpaired) electrons. The standard InChI is InChI=1S/C18H24N4O3S/c23-16-17(24)22(14-4-1-2-5-14)18(25)21(16)13-20-9-7-19(8-10-20)12-15-6-3-11-26-15/h3,6,11,14H,1-2,4-5,7-10,12-13H2/p+2. The van der Waals surface area contributed by atoms with Crippen LogP contribution in [-0.4, -0.2) is 66.5 Å². The van der Waals surface area contributed by atoms with E-state index >= 15 is 0 Å². The number of hydrogen-bond acceptors (Lipinski definition) is 4. The van der Waals surface area contributed by atoms with Crippen LogP contribution in [0, 0.1) is 0 Å². The Bertz CT molecular complexity index is 679. The molecule has 0 unspecified atom stereocenters. The highest BCUT2D eigenvalue weighted by Gasteiger charge is 2.49. The molecule has 4 amide bonds. The van der Waals surface area contributed by atoms with Crippen molar-refractivity contribution in [3.8, 4) is 0 Å². The molecule has 8 heteroatoms. The summed E-state index contributed by atoms with van der Waals surface area (Å²) in [5, 5.41) is 2.11. The maximum absolute atomic E-state index is 12.7. The first-order valence-electron chi connectivity index (χ1n) is 9.52. The third-order valence-corrected chi connectivity index (χ3v) is 6.70. The summed E-state index contributed by atoms with van der Waals surface area (Å²) in [5.41, 5.74) is 0. The van der Waals surface area contributed by atoms with Crippen LogP contribution in [0.5, 0.6) is 0 Å². The molecule has 3 heterocycles. The first-order valence-corrected chi connectivity index (χ1v) is 10.4. The normalized spacial score (nSPS) is 27.8. The van der Waals surface area contributed by atoms with E-state index in [1.165, 1.54) is 19.6 Å². The fraction of sp³-hybridized carbons (Fsp3) is 0.611. The van der Waals surface area contributed by atoms with Crippen molar-refractivity contribution in [2.45, 2.75) is 38.3 Å². The second kappa shape index (κ2) is 7.46. The van der Waals surface area contributed by atoms with Crippen molar-refractivity contribution in [2.24, 2.45) is 0 Å². The van der Waals surface area contributed by atoms with Gasteiger partial charge in [-0.15, -0.1) is 11.3 Å². The second-order valence-electron chi connectivity index (χ2n) is 7.54. The molecule has 1 aromatic heterocycles. The van der Waals surface area contributed by atoms with Gasteiger partial charge in [0.25, 0.3) is 0 Å². The Labute approximate surface area is 157 Å². The maximum atomic E-state index is 12.7. The van der Waals surface area contributed by atoms with Crippen molar-refractivity contribution in [3.63, 3.8) is 0 Å². The summed E-state index contributed by atoms with van der Waals surface area (Å²) in [4.78, 5) is 43.8. The van der Waals surface area contributed by atoms with Crippen LogP contribution in [0.1, 0.15) is 30.6 Å². The van der Waals surface area contributed by atoms with Gasteiger partial charge in [0.15, 0.2) is 6.67 Å². The molecule has 0 aromatic carbocycles. The lowest BCUT2D eigenvalue weighted by Gasteiger charge is -2.31. The van der Waals surface area contributed by atoms with Gasteiger partial charge in [-0.2, -0.15) is 0 Å². The van der Waals surface area contributed by atoms with E-state index in [0.29, 0.717) is 6.67 Å². The summed E-state index contributed by atoms with van der Waals surface area (Å²) in [6, 6.07) is 3.78. The predicted molar refractivity (Wildman–Crippen MR) is 95.6 cm³/mol. The molecule has 1 aliphatic carbocycles. The molecule has 3 aliphatic rings. The van der Waals surface area contributed by atoms with Gasteiger partial charge in [-0.05, 0) is 24.3 Å². The van der Waals surface area contributed by atoms with Crippen LogP contribution in [0.4, 0.5) is 4.79 Å². The van der Waals surface area contributed by atoms with Crippen LogP contribution in [0.3, 0.4) is 0 Å². The Morgan fingerprint density at radius 3 is 2.35 bits per heavy atom. The van der Waals surface area contributed by atoms with Gasteiger partial charge in [-0.3, -0.25) is 14.5 Å². The fourth-order valence-corrected chi connectivity index (χ4v) is 5.10. The van der Waals surface area contributed by atoms with Gasteiger partial charge in [0, 0.05) is 6.04 Å². The number of carbonyl (C=O) groups excluding carboxylic acids is 3. The smallest absolute Gasteiger partial charge is 0.321 e. The molecule has 140 valence electrons. The van der Waals surface area contributed by atoms with Gasteiger partial charge >= 0.3 is 17.8 Å². The summed E-state index contributed by atoms with van der Waals surface area (Å²) in [5.74, 6) is -1.26. The minimum Gasteiger partial charge on any atom is -0.321 e. The summed E-state index contributed by atoms with van der Waals surface area (Å²) in [6.07, 6.45) is 3.71. The van der Waals surface area contributed by atoms with Crippen LogP contribution in [0.15, 0.2) is 17.5 Å². The zero-order valence-corrected chi connectivity index (χ0v) is 15.7. The summed E-state index contributed by atoms with van der Waals surface area (Å²) < 4.78 is 0. The number of imide groups is 2. The molecule has 2 aliphatic heterocycles. The largest absolute Gasteiger partial charge is 0.338 e.